The van der Waals surface area contributed by atoms with Gasteiger partial charge in [-0.05, 0) is 25.1 Å². The minimum absolute atomic E-state index is 0.253. The van der Waals surface area contributed by atoms with Crippen LogP contribution in [0.3, 0.4) is 0 Å². The molecule has 0 unspecified atom stereocenters. The Hall–Kier alpha value is -2.92. The third-order valence-electron chi connectivity index (χ3n) is 4.10. The van der Waals surface area contributed by atoms with E-state index in [2.05, 4.69) is 25.4 Å². The quantitative estimate of drug-likeness (QED) is 0.380. The first-order valence-corrected chi connectivity index (χ1v) is 10.2. The van der Waals surface area contributed by atoms with Crippen molar-refractivity contribution in [2.24, 2.45) is 7.05 Å². The van der Waals surface area contributed by atoms with E-state index in [4.69, 9.17) is 0 Å². The van der Waals surface area contributed by atoms with E-state index in [1.165, 1.54) is 35.5 Å². The van der Waals surface area contributed by atoms with Gasteiger partial charge in [0.15, 0.2) is 22.4 Å². The number of amides is 1. The lowest BCUT2D eigenvalue weighted by atomic mass is 10.2. The molecule has 148 valence electrons. The van der Waals surface area contributed by atoms with Gasteiger partial charge in [0.1, 0.15) is 11.4 Å². The number of benzene rings is 1. The first kappa shape index (κ1) is 19.4. The standard InChI is InChI=1S/C18H14F2N6OS2/c1-9(29-17-11-6-23-26(2)15(11)21-8-22-17)16(27)25-18-24-14(7-28-18)10-3-4-12(19)13(20)5-10/h3-9H,1-2H3,(H,24,25,27)/t9-/m1/s1. The number of hydrogen-bond donors (Lipinski definition) is 1. The molecule has 0 bridgehead atoms. The molecule has 1 N–H and O–H groups in total. The van der Waals surface area contributed by atoms with E-state index in [-0.39, 0.29) is 5.91 Å². The second-order valence-electron chi connectivity index (χ2n) is 6.10. The maximum atomic E-state index is 13.4. The van der Waals surface area contributed by atoms with Crippen LogP contribution >= 0.6 is 23.1 Å². The second-order valence-corrected chi connectivity index (χ2v) is 8.29. The zero-order valence-electron chi connectivity index (χ0n) is 15.3. The molecule has 0 saturated heterocycles. The zero-order chi connectivity index (χ0) is 20.5. The Morgan fingerprint density at radius 1 is 1.28 bits per heavy atom. The number of thioether (sulfide) groups is 1. The van der Waals surface area contributed by atoms with Gasteiger partial charge < -0.3 is 5.32 Å². The number of rotatable bonds is 5. The van der Waals surface area contributed by atoms with Gasteiger partial charge in [-0.1, -0.05) is 11.8 Å². The molecule has 0 saturated carbocycles. The minimum atomic E-state index is -0.947. The van der Waals surface area contributed by atoms with E-state index >= 15 is 0 Å². The maximum Gasteiger partial charge on any atom is 0.239 e. The molecule has 1 aromatic carbocycles. The van der Waals surface area contributed by atoms with Gasteiger partial charge in [0.05, 0.1) is 22.5 Å². The smallest absolute Gasteiger partial charge is 0.239 e. The highest BCUT2D eigenvalue weighted by molar-refractivity contribution is 8.00. The van der Waals surface area contributed by atoms with E-state index in [9.17, 15) is 13.6 Å². The highest BCUT2D eigenvalue weighted by Crippen LogP contribution is 2.30. The van der Waals surface area contributed by atoms with Crippen LogP contribution in [-0.2, 0) is 11.8 Å². The topological polar surface area (TPSA) is 85.6 Å². The number of anilines is 1. The maximum absolute atomic E-state index is 13.4. The molecule has 0 spiro atoms. The van der Waals surface area contributed by atoms with E-state index in [0.717, 1.165) is 17.5 Å². The number of nitrogens with zero attached hydrogens (tertiary/aromatic N) is 5. The average molecular weight is 432 g/mol. The Morgan fingerprint density at radius 2 is 2.10 bits per heavy atom. The van der Waals surface area contributed by atoms with Gasteiger partial charge in [0, 0.05) is 18.0 Å². The van der Waals surface area contributed by atoms with E-state index in [1.807, 2.05) is 0 Å². The van der Waals surface area contributed by atoms with Crippen LogP contribution in [0.1, 0.15) is 6.92 Å². The summed E-state index contributed by atoms with van der Waals surface area (Å²) in [7, 11) is 1.78. The van der Waals surface area contributed by atoms with Crippen molar-refractivity contribution in [2.45, 2.75) is 17.2 Å². The summed E-state index contributed by atoms with van der Waals surface area (Å²) in [6, 6.07) is 3.55. The summed E-state index contributed by atoms with van der Waals surface area (Å²) in [5, 5.41) is 9.93. The predicted molar refractivity (Wildman–Crippen MR) is 108 cm³/mol. The number of hydrogen-bond acceptors (Lipinski definition) is 7. The van der Waals surface area contributed by atoms with Gasteiger partial charge in [-0.2, -0.15) is 5.10 Å². The molecule has 29 heavy (non-hydrogen) atoms. The number of nitrogens with one attached hydrogen (secondary N) is 1. The van der Waals surface area contributed by atoms with Gasteiger partial charge in [-0.3, -0.25) is 9.48 Å². The van der Waals surface area contributed by atoms with Crippen molar-refractivity contribution in [1.82, 2.24) is 24.7 Å². The van der Waals surface area contributed by atoms with Gasteiger partial charge in [0.2, 0.25) is 5.91 Å². The molecule has 0 aliphatic heterocycles. The molecule has 4 aromatic rings. The molecule has 7 nitrogen and oxygen atoms in total. The summed E-state index contributed by atoms with van der Waals surface area (Å²) in [6.07, 6.45) is 3.10. The SMILES string of the molecule is C[C@@H](Sc1ncnc2c1cnn2C)C(=O)Nc1nc(-c2ccc(F)c(F)c2)cs1. The van der Waals surface area contributed by atoms with Crippen LogP contribution in [0.4, 0.5) is 13.9 Å². The Labute approximate surface area is 172 Å². The summed E-state index contributed by atoms with van der Waals surface area (Å²) >= 11 is 2.49. The van der Waals surface area contributed by atoms with Crippen LogP contribution in [-0.4, -0.2) is 35.9 Å². The number of carbonyl (C=O) groups is 1. The molecular formula is C18H14F2N6OS2. The molecule has 0 fully saturated rings. The molecule has 0 aliphatic carbocycles. The zero-order valence-corrected chi connectivity index (χ0v) is 16.9. The molecule has 4 rings (SSSR count). The van der Waals surface area contributed by atoms with Crippen LogP contribution < -0.4 is 5.32 Å². The number of fused-ring (bicyclic) bond motifs is 1. The van der Waals surface area contributed by atoms with Crippen molar-refractivity contribution < 1.29 is 13.6 Å². The van der Waals surface area contributed by atoms with Crippen LogP contribution in [0.2, 0.25) is 0 Å². The normalized spacial score (nSPS) is 12.3. The average Bonchev–Trinajstić information content (AvgIpc) is 3.32. The molecule has 0 radical (unpaired) electrons. The van der Waals surface area contributed by atoms with Crippen molar-refractivity contribution in [2.75, 3.05) is 5.32 Å². The lowest BCUT2D eigenvalue weighted by molar-refractivity contribution is -0.115. The van der Waals surface area contributed by atoms with Crippen molar-refractivity contribution in [3.8, 4) is 11.3 Å². The molecule has 11 heteroatoms. The van der Waals surface area contributed by atoms with E-state index < -0.39 is 16.9 Å². The van der Waals surface area contributed by atoms with Crippen molar-refractivity contribution in [1.29, 1.82) is 0 Å². The van der Waals surface area contributed by atoms with Gasteiger partial charge in [-0.25, -0.2) is 23.7 Å². The number of aromatic nitrogens is 5. The fourth-order valence-electron chi connectivity index (χ4n) is 2.58. The summed E-state index contributed by atoms with van der Waals surface area (Å²) in [4.78, 5) is 25.3. The summed E-state index contributed by atoms with van der Waals surface area (Å²) in [5.74, 6) is -2.12. The van der Waals surface area contributed by atoms with Gasteiger partial charge in [0.25, 0.3) is 0 Å². The Morgan fingerprint density at radius 3 is 2.90 bits per heavy atom. The molecule has 3 aromatic heterocycles. The van der Waals surface area contributed by atoms with Gasteiger partial charge in [-0.15, -0.1) is 11.3 Å². The molecule has 1 atom stereocenters. The highest BCUT2D eigenvalue weighted by atomic mass is 32.2. The lowest BCUT2D eigenvalue weighted by Crippen LogP contribution is -2.22. The summed E-state index contributed by atoms with van der Waals surface area (Å²) < 4.78 is 28.2. The first-order valence-electron chi connectivity index (χ1n) is 8.43. The lowest BCUT2D eigenvalue weighted by Gasteiger charge is -2.10. The highest BCUT2D eigenvalue weighted by Gasteiger charge is 2.19. The Bertz CT molecular complexity index is 1210. The molecule has 3 heterocycles. The molecule has 1 amide bonds. The third-order valence-corrected chi connectivity index (χ3v) is 5.97. The summed E-state index contributed by atoms with van der Waals surface area (Å²) in [6.45, 7) is 1.76. The number of halogens is 2. The monoisotopic (exact) mass is 432 g/mol. The second kappa shape index (κ2) is 7.84. The Balaban J connectivity index is 1.46. The summed E-state index contributed by atoms with van der Waals surface area (Å²) in [5.41, 5.74) is 1.58. The van der Waals surface area contributed by atoms with Crippen molar-refractivity contribution in [3.63, 3.8) is 0 Å². The largest absolute Gasteiger partial charge is 0.301 e. The van der Waals surface area contributed by atoms with Crippen LogP contribution in [0, 0.1) is 11.6 Å². The van der Waals surface area contributed by atoms with E-state index in [1.54, 1.807) is 30.2 Å². The van der Waals surface area contributed by atoms with Crippen LogP contribution in [0.5, 0.6) is 0 Å². The molecular weight excluding hydrogens is 418 g/mol. The van der Waals surface area contributed by atoms with Crippen LogP contribution in [0.15, 0.2) is 41.1 Å². The minimum Gasteiger partial charge on any atom is -0.301 e. The van der Waals surface area contributed by atoms with Gasteiger partial charge >= 0.3 is 0 Å². The molecule has 0 aliphatic rings. The van der Waals surface area contributed by atoms with E-state index in [0.29, 0.717) is 27.1 Å². The predicted octanol–water partition coefficient (Wildman–Crippen LogP) is 3.88. The third kappa shape index (κ3) is 3.96. The number of aryl methyl sites for hydroxylation is 1. The Kier molecular flexibility index (Phi) is 5.24. The fraction of sp³-hybridized carbons (Fsp3) is 0.167. The first-order chi connectivity index (χ1) is 13.9. The number of carbonyl (C=O) groups excluding carboxylic acids is 1. The number of thiazole rings is 1. The van der Waals surface area contributed by atoms with Crippen molar-refractivity contribution >= 4 is 45.2 Å². The van der Waals surface area contributed by atoms with Crippen molar-refractivity contribution in [3.05, 3.63) is 47.7 Å². The fourth-order valence-corrected chi connectivity index (χ4v) is 4.18. The van der Waals surface area contributed by atoms with Crippen LogP contribution in [0.25, 0.3) is 22.3 Å².